The van der Waals surface area contributed by atoms with E-state index in [9.17, 15) is 33.6 Å². The number of likely N-dealkylation sites (tertiary alicyclic amines) is 2. The van der Waals surface area contributed by atoms with Gasteiger partial charge in [0.1, 0.15) is 29.9 Å². The van der Waals surface area contributed by atoms with E-state index in [1.807, 2.05) is 18.6 Å². The zero-order chi connectivity index (χ0) is 76.4. The number of aromatic nitrogens is 9. The van der Waals surface area contributed by atoms with Gasteiger partial charge in [0.25, 0.3) is 0 Å². The summed E-state index contributed by atoms with van der Waals surface area (Å²) in [4.78, 5) is 90.8. The molecule has 4 bridgehead atoms. The summed E-state index contributed by atoms with van der Waals surface area (Å²) < 4.78 is 57.8. The van der Waals surface area contributed by atoms with Gasteiger partial charge in [0, 0.05) is 69.9 Å². The molecule has 7 aliphatic rings. The molecule has 4 aliphatic carbocycles. The third-order valence-corrected chi connectivity index (χ3v) is 18.6. The van der Waals surface area contributed by atoms with Crippen molar-refractivity contribution in [1.82, 2.24) is 60.1 Å². The molecule has 6 heterocycles. The summed E-state index contributed by atoms with van der Waals surface area (Å²) in [5.41, 5.74) is 10.3. The fourth-order valence-electron chi connectivity index (χ4n) is 13.5. The molecular weight excluding hydrogens is 1390 g/mol. The predicted octanol–water partition coefficient (Wildman–Crippen LogP) is 3.22. The summed E-state index contributed by atoms with van der Waals surface area (Å²) in [6.07, 6.45) is 33.4. The number of ether oxygens (including phenoxy) is 10. The van der Waals surface area contributed by atoms with Crippen molar-refractivity contribution in [3.8, 4) is 24.7 Å². The van der Waals surface area contributed by atoms with Crippen LogP contribution in [0, 0.1) is 77.9 Å². The zero-order valence-corrected chi connectivity index (χ0v) is 61.7. The van der Waals surface area contributed by atoms with E-state index < -0.39 is 6.10 Å². The van der Waals surface area contributed by atoms with E-state index in [1.165, 1.54) is 16.7 Å². The average molecular weight is 1500 g/mol. The topological polar surface area (TPSA) is 415 Å². The van der Waals surface area contributed by atoms with Gasteiger partial charge in [-0.1, -0.05) is 64.3 Å². The van der Waals surface area contributed by atoms with Gasteiger partial charge in [-0.3, -0.25) is 48.0 Å². The highest BCUT2D eigenvalue weighted by Crippen LogP contribution is 2.53. The Morgan fingerprint density at radius 1 is 0.617 bits per heavy atom. The van der Waals surface area contributed by atoms with Gasteiger partial charge in [-0.25, -0.2) is 9.36 Å². The van der Waals surface area contributed by atoms with Gasteiger partial charge in [-0.2, -0.15) is 0 Å². The Kier molecular flexibility index (Phi) is 39.4. The Bertz CT molecular complexity index is 3350. The minimum atomic E-state index is -0.430. The molecule has 0 radical (unpaired) electrons. The summed E-state index contributed by atoms with van der Waals surface area (Å²) in [7, 11) is 0. The number of amides is 5. The van der Waals surface area contributed by atoms with E-state index in [2.05, 4.69) is 89.3 Å². The van der Waals surface area contributed by atoms with Crippen LogP contribution in [0.4, 0.5) is 0 Å². The second kappa shape index (κ2) is 49.0. The monoisotopic (exact) mass is 1500 g/mol. The smallest absolute Gasteiger partial charge is 0.303 e. The van der Waals surface area contributed by atoms with Crippen LogP contribution < -0.4 is 5.32 Å². The van der Waals surface area contributed by atoms with Crippen LogP contribution in [-0.2, 0) is 120 Å². The second-order valence-electron chi connectivity index (χ2n) is 26.9. The largest absolute Gasteiger partial charge is 0.458 e. The second-order valence-corrected chi connectivity index (χ2v) is 26.9. The molecule has 34 nitrogen and oxygen atoms in total. The highest BCUT2D eigenvalue weighted by molar-refractivity contribution is 6.07. The van der Waals surface area contributed by atoms with Crippen LogP contribution in [-0.4, -0.2) is 257 Å². The first kappa shape index (κ1) is 86.0. The molecule has 3 aliphatic heterocycles. The Balaban J connectivity index is 0.000000227. The van der Waals surface area contributed by atoms with Crippen molar-refractivity contribution < 1.29 is 91.1 Å². The number of aryl methyl sites for hydroxylation is 1. The van der Waals surface area contributed by atoms with Crippen LogP contribution >= 0.6 is 0 Å². The number of epoxide rings is 1. The molecule has 5 fully saturated rings. The summed E-state index contributed by atoms with van der Waals surface area (Å²) in [5.74, 6) is 5.01. The van der Waals surface area contributed by atoms with Gasteiger partial charge >= 0.3 is 5.97 Å². The van der Waals surface area contributed by atoms with Crippen LogP contribution in [0.1, 0.15) is 108 Å². The molecule has 0 spiro atoms. The van der Waals surface area contributed by atoms with Crippen LogP contribution in [0.3, 0.4) is 0 Å². The Labute approximate surface area is 624 Å². The van der Waals surface area contributed by atoms with Gasteiger partial charge in [0.2, 0.25) is 29.5 Å². The Morgan fingerprint density at radius 2 is 1.14 bits per heavy atom. The number of aliphatic hydroxyl groups is 2. The molecule has 588 valence electrons. The Morgan fingerprint density at radius 3 is 1.70 bits per heavy atom. The minimum absolute atomic E-state index is 0.00300. The fraction of sp³-hybridized carbons (Fsp3) is 0.712. The minimum Gasteiger partial charge on any atom is -0.458 e. The van der Waals surface area contributed by atoms with Crippen LogP contribution in [0.5, 0.6) is 0 Å². The number of allylic oxidation sites excluding steroid dienone is 4. The maximum Gasteiger partial charge on any atom is 0.303 e. The molecule has 34 heteroatoms. The SMILES string of the molecule is C#CCCC(=O)CCCN1C(=O)C2C3C=CC(C3)C2C1=O.C#CCOC[C@@H](Cn1cc(CCC[C@H]2CO2)nn1)OC(C)=O.C[C@@H](COCc1cn(CCOCCOCCOCCO)nn1)Cn1cc(CNC(=O)CCCCCN2C(=O)C3C(C2=O)[C@H]2C=C[C@@H]3C2)nn1.[N-]=[N+]=NCCOCCOCCOCCO. The first-order valence-corrected chi connectivity index (χ1v) is 37.2. The van der Waals surface area contributed by atoms with E-state index in [-0.39, 0.29) is 121 Å². The third-order valence-electron chi connectivity index (χ3n) is 18.6. The van der Waals surface area contributed by atoms with Gasteiger partial charge in [0.15, 0.2) is 0 Å². The maximum atomic E-state index is 12.8. The Hall–Kier alpha value is -8.22. The molecule has 3 aromatic heterocycles. The number of Topliss-reactive ketones (excluding diaryl/α,β-unsaturated/α-hetero) is 1. The standard InChI is InChI=1S/C33H50N8O8.C17H19NO3.C15H21N3O4.C8H17N3O4/c1-24(22-49-23-28-21-39(37-36-28)9-11-46-13-15-48-16-14-47-12-10-42)19-40-20-27(35-38-40)18-34-29(43)5-3-2-4-8-41-32(44)30-25-6-7-26(17-25)31(30)33(41)45;1-2-3-5-13(19)6-4-9-18-16(20)14-11-7-8-12(10-11)15(14)17(18)21;1-3-7-20-10-15(22-12(2)19)9-18-8-13(16-17-18)5-4-6-14-11-21-14;9-11-10-1-3-13-5-7-15-8-6-14-4-2-12/h6-7,20-21,24-26,30-31,42H,2-5,8-19,22-23H2,1H3,(H,34,43);1,7-8,11-12,14-15H,3-6,9-10H2;1,8,14-15H,4-7,9-11H2,2H3;12H,1-8H2/t24-,25-,26+,30?,31?;;14-,15+;/m1.0./s1. The highest BCUT2D eigenvalue weighted by Gasteiger charge is 2.60. The molecule has 3 aromatic rings. The summed E-state index contributed by atoms with van der Waals surface area (Å²) in [6, 6.07) is 0. The highest BCUT2D eigenvalue weighted by atomic mass is 16.6. The number of carbonyl (C=O) groups is 7. The molecule has 2 saturated carbocycles. The molecule has 0 aromatic carbocycles. The number of nitrogens with zero attached hydrogens (tertiary/aromatic N) is 14. The number of rotatable bonds is 52. The van der Waals surface area contributed by atoms with Crippen LogP contribution in [0.2, 0.25) is 0 Å². The molecule has 3 N–H and O–H groups in total. The van der Waals surface area contributed by atoms with E-state index in [4.69, 9.17) is 76.0 Å². The molecule has 5 amide bonds. The molecular formula is C73H107N15O19. The van der Waals surface area contributed by atoms with E-state index in [0.29, 0.717) is 195 Å². The number of aliphatic hydroxyl groups excluding tert-OH is 2. The lowest BCUT2D eigenvalue weighted by atomic mass is 9.85. The molecule has 107 heavy (non-hydrogen) atoms. The van der Waals surface area contributed by atoms with Crippen LogP contribution in [0.15, 0.2) is 48.0 Å². The predicted molar refractivity (Wildman–Crippen MR) is 381 cm³/mol. The molecule has 3 saturated heterocycles. The number of fused-ring (bicyclic) bond motifs is 10. The summed E-state index contributed by atoms with van der Waals surface area (Å²) in [5, 5.41) is 48.0. The summed E-state index contributed by atoms with van der Waals surface area (Å²) in [6.45, 7) is 14.0. The number of azide groups is 1. The number of hydrogen-bond donors (Lipinski definition) is 3. The fourth-order valence-corrected chi connectivity index (χ4v) is 13.5. The zero-order valence-electron chi connectivity index (χ0n) is 61.7. The average Bonchev–Trinajstić information content (AvgIpc) is 1.58. The number of nitrogens with one attached hydrogen (secondary N) is 1. The van der Waals surface area contributed by atoms with Gasteiger partial charge in [-0.05, 0) is 86.5 Å². The lowest BCUT2D eigenvalue weighted by Crippen LogP contribution is -2.34. The summed E-state index contributed by atoms with van der Waals surface area (Å²) >= 11 is 0. The third kappa shape index (κ3) is 30.4. The number of terminal acetylenes is 2. The van der Waals surface area contributed by atoms with Crippen molar-refractivity contribution >= 4 is 41.3 Å². The number of unbranched alkanes of at least 4 members (excludes halogenated alkanes) is 2. The number of carbonyl (C=O) groups excluding carboxylic acids is 7. The van der Waals surface area contributed by atoms with Crippen molar-refractivity contribution in [2.75, 3.05) is 139 Å². The van der Waals surface area contributed by atoms with Crippen molar-refractivity contribution in [2.45, 2.75) is 142 Å². The number of hydrogen-bond acceptors (Lipinski definition) is 26. The first-order valence-electron chi connectivity index (χ1n) is 37.2. The van der Waals surface area contributed by atoms with Gasteiger partial charge in [-0.15, -0.1) is 34.1 Å². The number of ketones is 1. The van der Waals surface area contributed by atoms with Crippen molar-refractivity contribution in [3.05, 3.63) is 70.4 Å². The van der Waals surface area contributed by atoms with Crippen molar-refractivity contribution in [1.29, 1.82) is 0 Å². The number of esters is 1. The molecule has 6 unspecified atom stereocenters. The van der Waals surface area contributed by atoms with E-state index in [0.717, 1.165) is 56.5 Å². The van der Waals surface area contributed by atoms with Crippen LogP contribution in [0.25, 0.3) is 10.4 Å². The lowest BCUT2D eigenvalue weighted by molar-refractivity contribution is -0.150. The molecule has 11 atom stereocenters. The van der Waals surface area contributed by atoms with E-state index in [1.54, 1.807) is 14.0 Å². The maximum absolute atomic E-state index is 12.8. The van der Waals surface area contributed by atoms with Crippen molar-refractivity contribution in [2.24, 2.45) is 58.4 Å². The first-order chi connectivity index (χ1) is 52.1. The quantitative estimate of drug-likeness (QED) is 0.00840. The van der Waals surface area contributed by atoms with Gasteiger partial charge in [0.05, 0.1) is 186 Å². The number of imide groups is 2. The molecule has 10 rings (SSSR count). The normalized spacial score (nSPS) is 21.3. The van der Waals surface area contributed by atoms with Gasteiger partial charge < -0.3 is 62.9 Å². The van der Waals surface area contributed by atoms with Crippen molar-refractivity contribution in [3.63, 3.8) is 0 Å². The lowest BCUT2D eigenvalue weighted by Gasteiger charge is -2.16. The van der Waals surface area contributed by atoms with E-state index >= 15 is 0 Å².